The minimum Gasteiger partial charge on any atom is -0.313 e. The quantitative estimate of drug-likeness (QED) is 0.842. The van der Waals surface area contributed by atoms with E-state index < -0.39 is 0 Å². The van der Waals surface area contributed by atoms with Crippen LogP contribution >= 0.6 is 15.9 Å². The van der Waals surface area contributed by atoms with E-state index in [9.17, 15) is 0 Å². The van der Waals surface area contributed by atoms with Crippen molar-refractivity contribution in [3.05, 3.63) is 28.5 Å². The van der Waals surface area contributed by atoms with E-state index in [2.05, 4.69) is 52.2 Å². The Bertz CT molecular complexity index is 382. The molecule has 0 spiro atoms. The molecule has 19 heavy (non-hydrogen) atoms. The van der Waals surface area contributed by atoms with Crippen LogP contribution in [0.25, 0.3) is 0 Å². The largest absolute Gasteiger partial charge is 0.313 e. The lowest BCUT2D eigenvalue weighted by Gasteiger charge is -2.35. The van der Waals surface area contributed by atoms with Crippen LogP contribution in [0.1, 0.15) is 51.6 Å². The fourth-order valence-electron chi connectivity index (χ4n) is 3.15. The first-order chi connectivity index (χ1) is 9.14. The Morgan fingerprint density at radius 1 is 1.37 bits per heavy atom. The van der Waals surface area contributed by atoms with Crippen molar-refractivity contribution in [2.45, 2.75) is 58.4 Å². The fraction of sp³-hybridized carbons (Fsp3) is 0.688. The summed E-state index contributed by atoms with van der Waals surface area (Å²) < 4.78 is 1.06. The molecule has 1 N–H and O–H groups in total. The number of aromatic nitrogens is 1. The molecule has 1 heterocycles. The Balaban J connectivity index is 2.06. The molecule has 1 aromatic heterocycles. The predicted octanol–water partition coefficient (Wildman–Crippen LogP) is 4.34. The number of nitrogens with zero attached hydrogens (tertiary/aromatic N) is 1. The molecule has 1 aliphatic rings. The molecule has 0 aliphatic heterocycles. The Labute approximate surface area is 125 Å². The first-order valence-electron chi connectivity index (χ1n) is 7.48. The molecular weight excluding hydrogens is 300 g/mol. The van der Waals surface area contributed by atoms with Crippen molar-refractivity contribution in [3.63, 3.8) is 0 Å². The molecule has 2 nitrogen and oxygen atoms in total. The summed E-state index contributed by atoms with van der Waals surface area (Å²) in [6.07, 6.45) is 9.62. The first kappa shape index (κ1) is 15.0. The minimum atomic E-state index is 0.448. The van der Waals surface area contributed by atoms with Crippen molar-refractivity contribution in [1.82, 2.24) is 10.3 Å². The molecule has 1 atom stereocenters. The van der Waals surface area contributed by atoms with E-state index in [4.69, 9.17) is 0 Å². The Morgan fingerprint density at radius 2 is 2.11 bits per heavy atom. The van der Waals surface area contributed by atoms with Gasteiger partial charge in [-0.05, 0) is 59.3 Å². The summed E-state index contributed by atoms with van der Waals surface area (Å²) in [7, 11) is 0. The second kappa shape index (κ2) is 6.85. The molecule has 1 aromatic rings. The summed E-state index contributed by atoms with van der Waals surface area (Å²) in [6.45, 7) is 5.79. The zero-order valence-corrected chi connectivity index (χ0v) is 13.7. The third-order valence-electron chi connectivity index (χ3n) is 4.43. The lowest BCUT2D eigenvalue weighted by molar-refractivity contribution is 0.218. The third-order valence-corrected chi connectivity index (χ3v) is 4.90. The summed E-state index contributed by atoms with van der Waals surface area (Å²) >= 11 is 3.45. The van der Waals surface area contributed by atoms with Crippen LogP contribution in [0.15, 0.2) is 22.8 Å². The third kappa shape index (κ3) is 4.03. The number of halogens is 1. The van der Waals surface area contributed by atoms with Gasteiger partial charge in [0.15, 0.2) is 0 Å². The van der Waals surface area contributed by atoms with Crippen LogP contribution in [-0.4, -0.2) is 17.6 Å². The van der Waals surface area contributed by atoms with Gasteiger partial charge in [-0.2, -0.15) is 0 Å². The topological polar surface area (TPSA) is 24.9 Å². The highest BCUT2D eigenvalue weighted by Gasteiger charge is 2.36. The molecule has 0 saturated heterocycles. The number of hydrogen-bond donors (Lipinski definition) is 1. The molecule has 0 aromatic carbocycles. The maximum absolute atomic E-state index is 4.54. The standard InChI is InChI=1S/C16H25BrN2/c1-3-10-18-15(16(2)8-4-5-9-16)11-14-7-6-13(17)12-19-14/h6-7,12,15,18H,3-5,8-11H2,1-2H3. The Kier molecular flexibility index (Phi) is 5.40. The van der Waals surface area contributed by atoms with Gasteiger partial charge in [-0.1, -0.05) is 26.7 Å². The molecule has 1 fully saturated rings. The highest BCUT2D eigenvalue weighted by Crippen LogP contribution is 2.41. The van der Waals surface area contributed by atoms with Gasteiger partial charge in [0.05, 0.1) is 0 Å². The SMILES string of the molecule is CCCNC(Cc1ccc(Br)cn1)C1(C)CCCC1. The molecule has 0 bridgehead atoms. The van der Waals surface area contributed by atoms with Gasteiger partial charge in [-0.3, -0.25) is 4.98 Å². The molecule has 1 unspecified atom stereocenters. The first-order valence-corrected chi connectivity index (χ1v) is 8.27. The van der Waals surface area contributed by atoms with Crippen LogP contribution in [0.4, 0.5) is 0 Å². The smallest absolute Gasteiger partial charge is 0.0420 e. The Morgan fingerprint density at radius 3 is 2.68 bits per heavy atom. The van der Waals surface area contributed by atoms with Gasteiger partial charge >= 0.3 is 0 Å². The van der Waals surface area contributed by atoms with Gasteiger partial charge in [0.25, 0.3) is 0 Å². The van der Waals surface area contributed by atoms with Gasteiger partial charge in [0.1, 0.15) is 0 Å². The number of rotatable bonds is 6. The molecule has 0 amide bonds. The van der Waals surface area contributed by atoms with Crippen LogP contribution in [0.5, 0.6) is 0 Å². The fourth-order valence-corrected chi connectivity index (χ4v) is 3.39. The van der Waals surface area contributed by atoms with Crippen LogP contribution in [-0.2, 0) is 6.42 Å². The van der Waals surface area contributed by atoms with E-state index in [1.54, 1.807) is 0 Å². The molecule has 0 radical (unpaired) electrons. The molecule has 2 rings (SSSR count). The molecule has 106 valence electrons. The number of pyridine rings is 1. The number of nitrogens with one attached hydrogen (secondary N) is 1. The summed E-state index contributed by atoms with van der Waals surface area (Å²) in [6, 6.07) is 4.79. The maximum Gasteiger partial charge on any atom is 0.0420 e. The van der Waals surface area contributed by atoms with E-state index in [0.717, 1.165) is 17.4 Å². The highest BCUT2D eigenvalue weighted by atomic mass is 79.9. The van der Waals surface area contributed by atoms with Crippen LogP contribution in [0.2, 0.25) is 0 Å². The lowest BCUT2D eigenvalue weighted by atomic mass is 9.78. The average molecular weight is 325 g/mol. The zero-order chi connectivity index (χ0) is 13.7. The molecular formula is C16H25BrN2. The van der Waals surface area contributed by atoms with Crippen LogP contribution < -0.4 is 5.32 Å². The van der Waals surface area contributed by atoms with E-state index in [1.807, 2.05) is 6.20 Å². The van der Waals surface area contributed by atoms with E-state index in [1.165, 1.54) is 37.8 Å². The van der Waals surface area contributed by atoms with Crippen LogP contribution in [0, 0.1) is 5.41 Å². The van der Waals surface area contributed by atoms with Gasteiger partial charge in [-0.25, -0.2) is 0 Å². The number of hydrogen-bond acceptors (Lipinski definition) is 2. The predicted molar refractivity (Wildman–Crippen MR) is 84.3 cm³/mol. The van der Waals surface area contributed by atoms with Gasteiger partial charge in [0.2, 0.25) is 0 Å². The minimum absolute atomic E-state index is 0.448. The monoisotopic (exact) mass is 324 g/mol. The van der Waals surface area contributed by atoms with Crippen molar-refractivity contribution < 1.29 is 0 Å². The second-order valence-electron chi connectivity index (χ2n) is 6.04. The van der Waals surface area contributed by atoms with Crippen molar-refractivity contribution in [2.75, 3.05) is 6.54 Å². The Hall–Kier alpha value is -0.410. The van der Waals surface area contributed by atoms with E-state index >= 15 is 0 Å². The van der Waals surface area contributed by atoms with E-state index in [-0.39, 0.29) is 0 Å². The highest BCUT2D eigenvalue weighted by molar-refractivity contribution is 9.10. The van der Waals surface area contributed by atoms with Crippen molar-refractivity contribution in [1.29, 1.82) is 0 Å². The zero-order valence-electron chi connectivity index (χ0n) is 12.1. The normalized spacial score (nSPS) is 19.5. The maximum atomic E-state index is 4.54. The molecule has 3 heteroatoms. The summed E-state index contributed by atoms with van der Waals surface area (Å²) in [5.74, 6) is 0. The average Bonchev–Trinajstić information content (AvgIpc) is 2.85. The van der Waals surface area contributed by atoms with Crippen molar-refractivity contribution >= 4 is 15.9 Å². The van der Waals surface area contributed by atoms with Gasteiger partial charge < -0.3 is 5.32 Å². The summed E-state index contributed by atoms with van der Waals surface area (Å²) in [5, 5.41) is 3.76. The van der Waals surface area contributed by atoms with Crippen molar-refractivity contribution in [2.24, 2.45) is 5.41 Å². The lowest BCUT2D eigenvalue weighted by Crippen LogP contribution is -2.44. The second-order valence-corrected chi connectivity index (χ2v) is 6.96. The van der Waals surface area contributed by atoms with Gasteiger partial charge in [0, 0.05) is 28.8 Å². The summed E-state index contributed by atoms with van der Waals surface area (Å²) in [4.78, 5) is 4.54. The molecule has 1 saturated carbocycles. The van der Waals surface area contributed by atoms with E-state index in [0.29, 0.717) is 11.5 Å². The van der Waals surface area contributed by atoms with Gasteiger partial charge in [-0.15, -0.1) is 0 Å². The van der Waals surface area contributed by atoms with Crippen LogP contribution in [0.3, 0.4) is 0 Å². The summed E-state index contributed by atoms with van der Waals surface area (Å²) in [5.41, 5.74) is 1.65. The molecule has 1 aliphatic carbocycles. The van der Waals surface area contributed by atoms with Crippen molar-refractivity contribution in [3.8, 4) is 0 Å².